The Morgan fingerprint density at radius 3 is 2.86 bits per heavy atom. The molecular weight excluding hydrogens is 387 g/mol. The van der Waals surface area contributed by atoms with Gasteiger partial charge in [0.05, 0.1) is 43.7 Å². The molecule has 0 spiro atoms. The summed E-state index contributed by atoms with van der Waals surface area (Å²) >= 11 is 0. The second kappa shape index (κ2) is 7.64. The summed E-state index contributed by atoms with van der Waals surface area (Å²) in [7, 11) is 0. The second-order valence-corrected chi connectivity index (χ2v) is 6.95. The minimum atomic E-state index is -0.611. The summed E-state index contributed by atoms with van der Waals surface area (Å²) in [5.74, 6) is -0.491. The lowest BCUT2D eigenvalue weighted by atomic mass is 10.2. The second-order valence-electron chi connectivity index (χ2n) is 6.95. The molecule has 3 aliphatic rings. The molecule has 3 heterocycles. The molecule has 10 nitrogen and oxygen atoms in total. The molecule has 1 aromatic rings. The van der Waals surface area contributed by atoms with Crippen molar-refractivity contribution in [2.24, 2.45) is 0 Å². The van der Waals surface area contributed by atoms with Crippen molar-refractivity contribution in [1.82, 2.24) is 10.6 Å². The highest BCUT2D eigenvalue weighted by Gasteiger charge is 2.42. The molecule has 0 aliphatic carbocycles. The van der Waals surface area contributed by atoms with Crippen LogP contribution >= 0.6 is 0 Å². The number of rotatable bonds is 5. The number of nitrogens with zero attached hydrogens (tertiary/aromatic N) is 2. The molecule has 3 aliphatic heterocycles. The standard InChI is InChI=1S/C18H21FN4O6/c1-2-27-16(24)20-6-11-7-23(18(26)28-11)10-3-4-14(12(19)5-10)22-8-13-15(9-22)29-17(25)21-13/h3-5,11,13,15H,2,6-9H2,1H3,(H,20,24)(H,21,25)/t11-,13+,15-/m0/s1. The Labute approximate surface area is 165 Å². The maximum atomic E-state index is 14.7. The highest BCUT2D eigenvalue weighted by Crippen LogP contribution is 2.31. The van der Waals surface area contributed by atoms with Crippen molar-refractivity contribution in [2.75, 3.05) is 42.6 Å². The van der Waals surface area contributed by atoms with Crippen LogP contribution in [0.1, 0.15) is 6.92 Å². The van der Waals surface area contributed by atoms with Gasteiger partial charge in [0.25, 0.3) is 0 Å². The summed E-state index contributed by atoms with van der Waals surface area (Å²) in [5, 5.41) is 5.21. The Kier molecular flexibility index (Phi) is 5.03. The van der Waals surface area contributed by atoms with Crippen LogP contribution in [-0.4, -0.2) is 69.3 Å². The van der Waals surface area contributed by atoms with Crippen LogP contribution in [-0.2, 0) is 14.2 Å². The van der Waals surface area contributed by atoms with Gasteiger partial charge in [0.1, 0.15) is 18.0 Å². The number of amides is 3. The predicted molar refractivity (Wildman–Crippen MR) is 98.4 cm³/mol. The Balaban J connectivity index is 1.38. The van der Waals surface area contributed by atoms with Gasteiger partial charge in [-0.1, -0.05) is 0 Å². The van der Waals surface area contributed by atoms with Crippen molar-refractivity contribution >= 4 is 29.7 Å². The van der Waals surface area contributed by atoms with Crippen LogP contribution < -0.4 is 20.4 Å². The van der Waals surface area contributed by atoms with Gasteiger partial charge < -0.3 is 29.7 Å². The molecule has 3 fully saturated rings. The smallest absolute Gasteiger partial charge is 0.414 e. The first-order chi connectivity index (χ1) is 13.9. The third-order valence-electron chi connectivity index (χ3n) is 5.04. The molecule has 156 valence electrons. The lowest BCUT2D eigenvalue weighted by Crippen LogP contribution is -2.35. The number of alkyl carbamates (subject to hydrolysis) is 2. The highest BCUT2D eigenvalue weighted by molar-refractivity contribution is 5.90. The number of fused-ring (bicyclic) bond motifs is 1. The van der Waals surface area contributed by atoms with Crippen molar-refractivity contribution in [1.29, 1.82) is 0 Å². The van der Waals surface area contributed by atoms with Gasteiger partial charge >= 0.3 is 18.3 Å². The van der Waals surface area contributed by atoms with E-state index in [2.05, 4.69) is 10.6 Å². The average Bonchev–Trinajstić information content (AvgIpc) is 3.32. The van der Waals surface area contributed by atoms with Crippen LogP contribution in [0.2, 0.25) is 0 Å². The fourth-order valence-electron chi connectivity index (χ4n) is 3.69. The number of hydrogen-bond donors (Lipinski definition) is 2. The molecule has 1 aromatic carbocycles. The van der Waals surface area contributed by atoms with Crippen LogP contribution in [0, 0.1) is 5.82 Å². The number of benzene rings is 1. The predicted octanol–water partition coefficient (Wildman–Crippen LogP) is 1.19. The van der Waals surface area contributed by atoms with E-state index in [1.807, 2.05) is 0 Å². The molecule has 0 radical (unpaired) electrons. The number of cyclic esters (lactones) is 1. The molecule has 4 rings (SSSR count). The number of anilines is 2. The van der Waals surface area contributed by atoms with E-state index in [4.69, 9.17) is 14.2 Å². The Morgan fingerprint density at radius 1 is 1.31 bits per heavy atom. The van der Waals surface area contributed by atoms with E-state index in [9.17, 15) is 18.8 Å². The van der Waals surface area contributed by atoms with Gasteiger partial charge in [0.2, 0.25) is 0 Å². The fourth-order valence-corrected chi connectivity index (χ4v) is 3.69. The first-order valence-electron chi connectivity index (χ1n) is 9.35. The molecule has 0 bridgehead atoms. The van der Waals surface area contributed by atoms with Crippen LogP contribution in [0.3, 0.4) is 0 Å². The number of hydrogen-bond acceptors (Lipinski definition) is 7. The number of ether oxygens (including phenoxy) is 3. The van der Waals surface area contributed by atoms with E-state index < -0.39 is 30.2 Å². The first kappa shape index (κ1) is 19.1. The van der Waals surface area contributed by atoms with E-state index in [1.54, 1.807) is 24.0 Å². The van der Waals surface area contributed by atoms with E-state index in [0.29, 0.717) is 24.5 Å². The molecule has 11 heteroatoms. The van der Waals surface area contributed by atoms with Crippen molar-refractivity contribution in [3.05, 3.63) is 24.0 Å². The quantitative estimate of drug-likeness (QED) is 0.705. The zero-order chi connectivity index (χ0) is 20.5. The molecule has 0 aromatic heterocycles. The van der Waals surface area contributed by atoms with Gasteiger partial charge in [-0.15, -0.1) is 0 Å². The fraction of sp³-hybridized carbons (Fsp3) is 0.500. The lowest BCUT2D eigenvalue weighted by Gasteiger charge is -2.21. The monoisotopic (exact) mass is 408 g/mol. The molecule has 3 amide bonds. The van der Waals surface area contributed by atoms with Crippen molar-refractivity contribution in [3.8, 4) is 0 Å². The zero-order valence-corrected chi connectivity index (χ0v) is 15.7. The Bertz CT molecular complexity index is 821. The van der Waals surface area contributed by atoms with Crippen LogP contribution in [0.25, 0.3) is 0 Å². The molecule has 0 saturated carbocycles. The summed E-state index contributed by atoms with van der Waals surface area (Å²) in [4.78, 5) is 37.8. The maximum Gasteiger partial charge on any atom is 0.414 e. The van der Waals surface area contributed by atoms with Gasteiger partial charge in [-0.2, -0.15) is 0 Å². The Morgan fingerprint density at radius 2 is 2.14 bits per heavy atom. The zero-order valence-electron chi connectivity index (χ0n) is 15.7. The lowest BCUT2D eigenvalue weighted by molar-refractivity contribution is 0.127. The topological polar surface area (TPSA) is 109 Å². The average molecular weight is 408 g/mol. The first-order valence-corrected chi connectivity index (χ1v) is 9.35. The van der Waals surface area contributed by atoms with Gasteiger partial charge in [-0.05, 0) is 25.1 Å². The normalized spacial score (nSPS) is 25.4. The summed E-state index contributed by atoms with van der Waals surface area (Å²) in [6.45, 7) is 3.05. The van der Waals surface area contributed by atoms with Crippen molar-refractivity contribution < 1.29 is 33.0 Å². The number of carbonyl (C=O) groups is 3. The SMILES string of the molecule is CCOC(=O)NC[C@H]1CN(c2ccc(N3C[C@@H]4OC(=O)N[C@@H]4C3)c(F)c2)C(=O)O1. The van der Waals surface area contributed by atoms with E-state index in [0.717, 1.165) is 0 Å². The van der Waals surface area contributed by atoms with Gasteiger partial charge in [0, 0.05) is 6.54 Å². The molecule has 0 unspecified atom stereocenters. The van der Waals surface area contributed by atoms with Gasteiger partial charge in [-0.3, -0.25) is 4.90 Å². The van der Waals surface area contributed by atoms with Crippen molar-refractivity contribution in [3.63, 3.8) is 0 Å². The minimum absolute atomic E-state index is 0.101. The third-order valence-corrected chi connectivity index (χ3v) is 5.04. The third kappa shape index (κ3) is 3.84. The number of nitrogens with one attached hydrogen (secondary N) is 2. The summed E-state index contributed by atoms with van der Waals surface area (Å²) in [5.41, 5.74) is 0.730. The molecular formula is C18H21FN4O6. The number of halogens is 1. The minimum Gasteiger partial charge on any atom is -0.450 e. The molecule has 3 atom stereocenters. The Hall–Kier alpha value is -3.24. The largest absolute Gasteiger partial charge is 0.450 e. The van der Waals surface area contributed by atoms with Gasteiger partial charge in [0.15, 0.2) is 0 Å². The molecule has 2 N–H and O–H groups in total. The molecule has 3 saturated heterocycles. The summed E-state index contributed by atoms with van der Waals surface area (Å²) < 4.78 is 29.9. The van der Waals surface area contributed by atoms with E-state index >= 15 is 0 Å². The highest BCUT2D eigenvalue weighted by atomic mass is 19.1. The molecule has 29 heavy (non-hydrogen) atoms. The maximum absolute atomic E-state index is 14.7. The summed E-state index contributed by atoms with van der Waals surface area (Å²) in [6.07, 6.45) is -2.52. The van der Waals surface area contributed by atoms with E-state index in [1.165, 1.54) is 11.0 Å². The van der Waals surface area contributed by atoms with Crippen molar-refractivity contribution in [2.45, 2.75) is 25.2 Å². The summed E-state index contributed by atoms with van der Waals surface area (Å²) in [6, 6.07) is 4.33. The van der Waals surface area contributed by atoms with Gasteiger partial charge in [-0.25, -0.2) is 18.8 Å². The number of carbonyl (C=O) groups excluding carboxylic acids is 3. The van der Waals surface area contributed by atoms with Crippen LogP contribution in [0.15, 0.2) is 18.2 Å². The van der Waals surface area contributed by atoms with Crippen LogP contribution in [0.5, 0.6) is 0 Å². The van der Waals surface area contributed by atoms with Crippen LogP contribution in [0.4, 0.5) is 30.1 Å². The van der Waals surface area contributed by atoms with E-state index in [-0.39, 0.29) is 31.8 Å².